The number of carbonyl (C=O) groups excluding carboxylic acids is 1. The van der Waals surface area contributed by atoms with Gasteiger partial charge in [0.05, 0.1) is 13.2 Å². The third kappa shape index (κ3) is 2.94. The fraction of sp³-hybridized carbons (Fsp3) is 0.588. The molecule has 0 bridgehead atoms. The van der Waals surface area contributed by atoms with Crippen molar-refractivity contribution in [3.8, 4) is 0 Å². The molecule has 1 fully saturated rings. The first kappa shape index (κ1) is 13.8. The lowest BCUT2D eigenvalue weighted by atomic mass is 9.96. The van der Waals surface area contributed by atoms with Gasteiger partial charge < -0.3 is 4.74 Å². The predicted molar refractivity (Wildman–Crippen MR) is 79.2 cm³/mol. The summed E-state index contributed by atoms with van der Waals surface area (Å²) in [6.07, 6.45) is 3.54. The van der Waals surface area contributed by atoms with Gasteiger partial charge in [0.1, 0.15) is 0 Å². The summed E-state index contributed by atoms with van der Waals surface area (Å²) in [5.41, 5.74) is 3.71. The van der Waals surface area contributed by atoms with Gasteiger partial charge in [0.15, 0.2) is 5.78 Å². The van der Waals surface area contributed by atoms with Crippen molar-refractivity contribution in [2.75, 3.05) is 32.8 Å². The molecule has 20 heavy (non-hydrogen) atoms. The molecular weight excluding hydrogens is 250 g/mol. The molecule has 1 aliphatic carbocycles. The first-order valence-corrected chi connectivity index (χ1v) is 7.70. The summed E-state index contributed by atoms with van der Waals surface area (Å²) in [5.74, 6) is 0.346. The van der Waals surface area contributed by atoms with Crippen LogP contribution < -0.4 is 0 Å². The Morgan fingerprint density at radius 3 is 2.80 bits per heavy atom. The second kappa shape index (κ2) is 6.06. The summed E-state index contributed by atoms with van der Waals surface area (Å²) in [6.45, 7) is 6.37. The summed E-state index contributed by atoms with van der Waals surface area (Å²) < 4.78 is 5.35. The Bertz CT molecular complexity index is 492. The van der Waals surface area contributed by atoms with Crippen molar-refractivity contribution in [1.29, 1.82) is 0 Å². The minimum absolute atomic E-state index is 0.0625. The van der Waals surface area contributed by atoms with Crippen LogP contribution in [0.1, 0.15) is 34.8 Å². The lowest BCUT2D eigenvalue weighted by molar-refractivity contribution is 0.0313. The van der Waals surface area contributed by atoms with Crippen molar-refractivity contribution in [2.24, 2.45) is 5.92 Å². The van der Waals surface area contributed by atoms with E-state index in [0.717, 1.165) is 44.8 Å². The van der Waals surface area contributed by atoms with Gasteiger partial charge in [0.25, 0.3) is 0 Å². The molecule has 108 valence electrons. The maximum Gasteiger partial charge on any atom is 0.166 e. The molecule has 1 aliphatic heterocycles. The molecule has 3 nitrogen and oxygen atoms in total. The van der Waals surface area contributed by atoms with Crippen LogP contribution in [-0.4, -0.2) is 43.5 Å². The minimum Gasteiger partial charge on any atom is -0.379 e. The summed E-state index contributed by atoms with van der Waals surface area (Å²) in [6, 6.07) is 6.29. The standard InChI is InChI=1S/C17H23NO2/c1-13(12-18-7-9-20-10-8-18)17(19)16-6-5-14-3-2-4-15(14)11-16/h5-6,11,13H,2-4,7-10,12H2,1H3. The number of hydrogen-bond donors (Lipinski definition) is 0. The molecule has 1 aromatic carbocycles. The van der Waals surface area contributed by atoms with Gasteiger partial charge in [-0.15, -0.1) is 0 Å². The van der Waals surface area contributed by atoms with Gasteiger partial charge in [-0.05, 0) is 36.5 Å². The molecule has 2 aliphatic rings. The second-order valence-corrected chi connectivity index (χ2v) is 6.02. The van der Waals surface area contributed by atoms with Gasteiger partial charge in [-0.1, -0.05) is 19.1 Å². The van der Waals surface area contributed by atoms with Crippen LogP contribution in [0.3, 0.4) is 0 Å². The minimum atomic E-state index is 0.0625. The lowest BCUT2D eigenvalue weighted by Crippen LogP contribution is -2.40. The number of aryl methyl sites for hydroxylation is 2. The molecule has 1 unspecified atom stereocenters. The van der Waals surface area contributed by atoms with Crippen LogP contribution in [0.5, 0.6) is 0 Å². The van der Waals surface area contributed by atoms with E-state index in [4.69, 9.17) is 4.74 Å². The van der Waals surface area contributed by atoms with E-state index >= 15 is 0 Å². The number of fused-ring (bicyclic) bond motifs is 1. The second-order valence-electron chi connectivity index (χ2n) is 6.02. The van der Waals surface area contributed by atoms with Crippen LogP contribution in [0.2, 0.25) is 0 Å². The number of Topliss-reactive ketones (excluding diaryl/α,β-unsaturated/α-hetero) is 1. The Balaban J connectivity index is 1.65. The van der Waals surface area contributed by atoms with Crippen LogP contribution in [0.4, 0.5) is 0 Å². The quantitative estimate of drug-likeness (QED) is 0.789. The van der Waals surface area contributed by atoms with Crippen molar-refractivity contribution in [2.45, 2.75) is 26.2 Å². The zero-order valence-electron chi connectivity index (χ0n) is 12.2. The third-order valence-corrected chi connectivity index (χ3v) is 4.47. The Morgan fingerprint density at radius 1 is 1.25 bits per heavy atom. The van der Waals surface area contributed by atoms with Gasteiger partial charge in [0, 0.05) is 31.1 Å². The highest BCUT2D eigenvalue weighted by Gasteiger charge is 2.21. The summed E-state index contributed by atoms with van der Waals surface area (Å²) >= 11 is 0. The van der Waals surface area contributed by atoms with Crippen molar-refractivity contribution < 1.29 is 9.53 Å². The number of morpholine rings is 1. The third-order valence-electron chi connectivity index (χ3n) is 4.47. The van der Waals surface area contributed by atoms with Crippen molar-refractivity contribution in [3.63, 3.8) is 0 Å². The van der Waals surface area contributed by atoms with Gasteiger partial charge >= 0.3 is 0 Å². The fourth-order valence-electron chi connectivity index (χ4n) is 3.26. The van der Waals surface area contributed by atoms with E-state index in [-0.39, 0.29) is 11.7 Å². The normalized spacial score (nSPS) is 20.6. The molecule has 0 radical (unpaired) electrons. The highest BCUT2D eigenvalue weighted by atomic mass is 16.5. The zero-order chi connectivity index (χ0) is 13.9. The predicted octanol–water partition coefficient (Wildman–Crippen LogP) is 2.33. The average Bonchev–Trinajstić information content (AvgIpc) is 2.94. The number of rotatable bonds is 4. The van der Waals surface area contributed by atoms with E-state index < -0.39 is 0 Å². The van der Waals surface area contributed by atoms with Crippen molar-refractivity contribution in [1.82, 2.24) is 4.90 Å². The molecule has 1 saturated heterocycles. The van der Waals surface area contributed by atoms with Crippen LogP contribution in [0.15, 0.2) is 18.2 Å². The highest BCUT2D eigenvalue weighted by molar-refractivity contribution is 5.98. The molecule has 1 heterocycles. The average molecular weight is 273 g/mol. The van der Waals surface area contributed by atoms with Gasteiger partial charge in [0.2, 0.25) is 0 Å². The van der Waals surface area contributed by atoms with E-state index in [1.165, 1.54) is 24.0 Å². The van der Waals surface area contributed by atoms with Crippen molar-refractivity contribution in [3.05, 3.63) is 34.9 Å². The van der Waals surface area contributed by atoms with E-state index in [0.29, 0.717) is 0 Å². The fourth-order valence-corrected chi connectivity index (χ4v) is 3.26. The highest BCUT2D eigenvalue weighted by Crippen LogP contribution is 2.24. The van der Waals surface area contributed by atoms with Crippen LogP contribution in [0, 0.1) is 5.92 Å². The number of hydrogen-bond acceptors (Lipinski definition) is 3. The number of ether oxygens (including phenoxy) is 1. The summed E-state index contributed by atoms with van der Waals surface area (Å²) in [5, 5.41) is 0. The maximum absolute atomic E-state index is 12.6. The van der Waals surface area contributed by atoms with Crippen LogP contribution >= 0.6 is 0 Å². The largest absolute Gasteiger partial charge is 0.379 e. The molecule has 3 rings (SSSR count). The monoisotopic (exact) mass is 273 g/mol. The van der Waals surface area contributed by atoms with Gasteiger partial charge in [-0.25, -0.2) is 0 Å². The maximum atomic E-state index is 12.6. The molecule has 3 heteroatoms. The Hall–Kier alpha value is -1.19. The van der Waals surface area contributed by atoms with E-state index in [1.807, 2.05) is 13.0 Å². The van der Waals surface area contributed by atoms with E-state index in [2.05, 4.69) is 17.0 Å². The lowest BCUT2D eigenvalue weighted by Gasteiger charge is -2.28. The molecule has 0 aromatic heterocycles. The van der Waals surface area contributed by atoms with Crippen LogP contribution in [0.25, 0.3) is 0 Å². The number of benzene rings is 1. The van der Waals surface area contributed by atoms with Gasteiger partial charge in [-0.2, -0.15) is 0 Å². The molecule has 0 spiro atoms. The SMILES string of the molecule is CC(CN1CCOCC1)C(=O)c1ccc2c(c1)CCC2. The smallest absolute Gasteiger partial charge is 0.166 e. The first-order chi connectivity index (χ1) is 9.74. The Labute approximate surface area is 120 Å². The van der Waals surface area contributed by atoms with E-state index in [9.17, 15) is 4.79 Å². The van der Waals surface area contributed by atoms with Crippen LogP contribution in [-0.2, 0) is 17.6 Å². The molecule has 0 saturated carbocycles. The Morgan fingerprint density at radius 2 is 2.00 bits per heavy atom. The molecule has 1 atom stereocenters. The summed E-state index contributed by atoms with van der Waals surface area (Å²) in [7, 11) is 0. The molecule has 0 N–H and O–H groups in total. The van der Waals surface area contributed by atoms with Crippen molar-refractivity contribution >= 4 is 5.78 Å². The molecule has 1 aromatic rings. The number of nitrogens with zero attached hydrogens (tertiary/aromatic N) is 1. The van der Waals surface area contributed by atoms with E-state index in [1.54, 1.807) is 0 Å². The summed E-state index contributed by atoms with van der Waals surface area (Å²) in [4.78, 5) is 14.9. The van der Waals surface area contributed by atoms with Gasteiger partial charge in [-0.3, -0.25) is 9.69 Å². The zero-order valence-corrected chi connectivity index (χ0v) is 12.2. The first-order valence-electron chi connectivity index (χ1n) is 7.70. The number of carbonyl (C=O) groups is 1. The topological polar surface area (TPSA) is 29.5 Å². The molecule has 0 amide bonds. The Kier molecular flexibility index (Phi) is 4.18. The molecular formula is C17H23NO2. The number of ketones is 1.